The molecule has 1 fully saturated rings. The molecule has 0 aromatic carbocycles. The zero-order valence-electron chi connectivity index (χ0n) is 19.0. The average Bonchev–Trinajstić information content (AvgIpc) is 3.24. The molecule has 10 heteroatoms. The molecule has 2 aromatic heterocycles. The number of nitrogens with zero attached hydrogens (tertiary/aromatic N) is 4. The van der Waals surface area contributed by atoms with Gasteiger partial charge >= 0.3 is 5.97 Å². The van der Waals surface area contributed by atoms with Crippen LogP contribution in [0.4, 0.5) is 5.82 Å². The second-order valence-electron chi connectivity index (χ2n) is 9.87. The number of carboxylic acids is 1. The number of fused-ring (bicyclic) bond motifs is 1. The van der Waals surface area contributed by atoms with Gasteiger partial charge in [0.25, 0.3) is 0 Å². The van der Waals surface area contributed by atoms with Crippen molar-refractivity contribution < 1.29 is 19.5 Å². The summed E-state index contributed by atoms with van der Waals surface area (Å²) in [7, 11) is 0. The van der Waals surface area contributed by atoms with Crippen LogP contribution < -0.4 is 5.32 Å². The Kier molecular flexibility index (Phi) is 6.18. The quantitative estimate of drug-likeness (QED) is 0.689. The van der Waals surface area contributed by atoms with Crippen LogP contribution in [-0.4, -0.2) is 55.6 Å². The van der Waals surface area contributed by atoms with Gasteiger partial charge in [-0.3, -0.25) is 19.1 Å². The van der Waals surface area contributed by atoms with E-state index in [2.05, 4.69) is 29.2 Å². The summed E-state index contributed by atoms with van der Waals surface area (Å²) in [6.07, 6.45) is 4.63. The molecule has 0 radical (unpaired) electrons. The molecule has 176 valence electrons. The number of amides is 2. The first-order valence-corrected chi connectivity index (χ1v) is 11.4. The average molecular weight is 474 g/mol. The van der Waals surface area contributed by atoms with Gasteiger partial charge in [-0.05, 0) is 30.2 Å². The van der Waals surface area contributed by atoms with Gasteiger partial charge in [0.2, 0.25) is 11.8 Å². The second-order valence-corrected chi connectivity index (χ2v) is 10.3. The van der Waals surface area contributed by atoms with E-state index in [1.807, 2.05) is 4.68 Å². The van der Waals surface area contributed by atoms with E-state index in [4.69, 9.17) is 11.6 Å². The highest BCUT2D eigenvalue weighted by molar-refractivity contribution is 6.33. The van der Waals surface area contributed by atoms with Crippen LogP contribution in [0.5, 0.6) is 0 Å². The Morgan fingerprint density at radius 3 is 2.70 bits per heavy atom. The summed E-state index contributed by atoms with van der Waals surface area (Å²) in [6, 6.07) is 1.74. The van der Waals surface area contributed by atoms with E-state index < -0.39 is 11.9 Å². The Bertz CT molecular complexity index is 1090. The number of likely N-dealkylation sites (tertiary alicyclic amines) is 1. The fraction of sp³-hybridized carbons (Fsp3) is 0.522. The Labute approximate surface area is 197 Å². The molecule has 4 rings (SSSR count). The fourth-order valence-electron chi connectivity index (χ4n) is 4.83. The van der Waals surface area contributed by atoms with Crippen LogP contribution in [0.25, 0.3) is 11.1 Å². The van der Waals surface area contributed by atoms with Crippen molar-refractivity contribution in [2.45, 2.75) is 46.6 Å². The van der Waals surface area contributed by atoms with E-state index in [9.17, 15) is 19.5 Å². The molecule has 0 aliphatic carbocycles. The smallest absolute Gasteiger partial charge is 0.308 e. The second kappa shape index (κ2) is 8.78. The Balaban J connectivity index is 1.48. The van der Waals surface area contributed by atoms with Crippen molar-refractivity contribution >= 4 is 35.2 Å². The summed E-state index contributed by atoms with van der Waals surface area (Å²) in [5.74, 6) is -1.96. The highest BCUT2D eigenvalue weighted by Gasteiger charge is 2.34. The minimum absolute atomic E-state index is 0.102. The highest BCUT2D eigenvalue weighted by atomic mass is 35.5. The topological polar surface area (TPSA) is 117 Å². The van der Waals surface area contributed by atoms with Crippen LogP contribution >= 0.6 is 11.6 Å². The van der Waals surface area contributed by atoms with Gasteiger partial charge in [0.1, 0.15) is 5.82 Å². The third kappa shape index (κ3) is 5.03. The molecule has 2 unspecified atom stereocenters. The summed E-state index contributed by atoms with van der Waals surface area (Å²) in [5.41, 5.74) is 2.91. The van der Waals surface area contributed by atoms with E-state index in [0.29, 0.717) is 23.8 Å². The lowest BCUT2D eigenvalue weighted by Gasteiger charge is -2.35. The van der Waals surface area contributed by atoms with E-state index in [-0.39, 0.29) is 36.1 Å². The van der Waals surface area contributed by atoms with Crippen molar-refractivity contribution in [1.82, 2.24) is 19.7 Å². The molecule has 2 aromatic rings. The molecule has 1 saturated heterocycles. The predicted molar refractivity (Wildman–Crippen MR) is 123 cm³/mol. The standard InChI is InChI=1S/C23H28ClN5O4/c1-13(30)28-10-14(4-15(11-28)22(32)33)5-21(31)27-20-6-16(18(24)9-25-20)17-8-26-29-12-23(2,3)7-19(17)29/h6,8-9,14-15H,4-5,7,10-12H2,1-3H3,(H,32,33)(H,25,27,31). The number of carbonyl (C=O) groups is 3. The maximum absolute atomic E-state index is 12.7. The number of anilines is 1. The molecule has 9 nitrogen and oxygen atoms in total. The molecule has 0 bridgehead atoms. The van der Waals surface area contributed by atoms with Gasteiger partial charge in [-0.25, -0.2) is 4.98 Å². The SMILES string of the molecule is CC(=O)N1CC(CC(=O)Nc2cc(-c3cnn4c3CC(C)(C)C4)c(Cl)cn2)CC(C(=O)O)C1. The summed E-state index contributed by atoms with van der Waals surface area (Å²) < 4.78 is 1.99. The van der Waals surface area contributed by atoms with Crippen LogP contribution in [0.15, 0.2) is 18.5 Å². The van der Waals surface area contributed by atoms with Gasteiger partial charge in [0, 0.05) is 56.0 Å². The number of carboxylic acid groups (broad SMARTS) is 1. The van der Waals surface area contributed by atoms with Crippen LogP contribution in [0.1, 0.15) is 39.3 Å². The van der Waals surface area contributed by atoms with E-state index in [1.165, 1.54) is 18.0 Å². The molecular formula is C23H28ClN5O4. The summed E-state index contributed by atoms with van der Waals surface area (Å²) in [6.45, 7) is 7.18. The van der Waals surface area contributed by atoms with Crippen molar-refractivity contribution in [3.8, 4) is 11.1 Å². The van der Waals surface area contributed by atoms with Crippen molar-refractivity contribution in [3.05, 3.63) is 29.2 Å². The van der Waals surface area contributed by atoms with Crippen LogP contribution in [-0.2, 0) is 27.3 Å². The molecule has 33 heavy (non-hydrogen) atoms. The molecule has 2 N–H and O–H groups in total. The van der Waals surface area contributed by atoms with Crippen LogP contribution in [0.3, 0.4) is 0 Å². The summed E-state index contributed by atoms with van der Waals surface area (Å²) in [5, 5.41) is 17.2. The van der Waals surface area contributed by atoms with Gasteiger partial charge in [-0.2, -0.15) is 5.10 Å². The molecule has 2 atom stereocenters. The first kappa shape index (κ1) is 23.2. The zero-order valence-corrected chi connectivity index (χ0v) is 19.7. The summed E-state index contributed by atoms with van der Waals surface area (Å²) >= 11 is 6.44. The molecule has 0 spiro atoms. The number of hydrogen-bond donors (Lipinski definition) is 2. The zero-order chi connectivity index (χ0) is 23.9. The number of aliphatic carboxylic acids is 1. The predicted octanol–water partition coefficient (Wildman–Crippen LogP) is 3.08. The van der Waals surface area contributed by atoms with Crippen molar-refractivity contribution in [2.75, 3.05) is 18.4 Å². The first-order chi connectivity index (χ1) is 15.5. The minimum atomic E-state index is -0.952. The van der Waals surface area contributed by atoms with Gasteiger partial charge in [-0.15, -0.1) is 0 Å². The van der Waals surface area contributed by atoms with Crippen LogP contribution in [0, 0.1) is 17.3 Å². The maximum atomic E-state index is 12.7. The van der Waals surface area contributed by atoms with Gasteiger partial charge in [0.05, 0.1) is 17.1 Å². The third-order valence-electron chi connectivity index (χ3n) is 6.39. The molecule has 0 saturated carbocycles. The number of hydrogen-bond acceptors (Lipinski definition) is 5. The lowest BCUT2D eigenvalue weighted by atomic mass is 9.87. The number of rotatable bonds is 5. The minimum Gasteiger partial charge on any atom is -0.481 e. The van der Waals surface area contributed by atoms with Crippen molar-refractivity contribution in [2.24, 2.45) is 17.3 Å². The molecule has 2 aliphatic heterocycles. The molecular weight excluding hydrogens is 446 g/mol. The lowest BCUT2D eigenvalue weighted by molar-refractivity contribution is -0.147. The Hall–Kier alpha value is -2.94. The van der Waals surface area contributed by atoms with Gasteiger partial charge < -0.3 is 15.3 Å². The van der Waals surface area contributed by atoms with E-state index >= 15 is 0 Å². The fourth-order valence-corrected chi connectivity index (χ4v) is 5.04. The highest BCUT2D eigenvalue weighted by Crippen LogP contribution is 2.39. The number of nitrogens with one attached hydrogen (secondary N) is 1. The summed E-state index contributed by atoms with van der Waals surface area (Å²) in [4.78, 5) is 41.8. The van der Waals surface area contributed by atoms with Gasteiger partial charge in [0.15, 0.2) is 0 Å². The Morgan fingerprint density at radius 2 is 2.00 bits per heavy atom. The molecule has 2 aliphatic rings. The number of aromatic nitrogens is 3. The first-order valence-electron chi connectivity index (χ1n) is 11.0. The van der Waals surface area contributed by atoms with Crippen LogP contribution in [0.2, 0.25) is 5.02 Å². The Morgan fingerprint density at radius 1 is 1.24 bits per heavy atom. The third-order valence-corrected chi connectivity index (χ3v) is 6.69. The monoisotopic (exact) mass is 473 g/mol. The van der Waals surface area contributed by atoms with Crippen molar-refractivity contribution in [3.63, 3.8) is 0 Å². The number of carbonyl (C=O) groups excluding carboxylic acids is 2. The molecule has 2 amide bonds. The molecule has 4 heterocycles. The largest absolute Gasteiger partial charge is 0.481 e. The maximum Gasteiger partial charge on any atom is 0.308 e. The van der Waals surface area contributed by atoms with E-state index in [1.54, 1.807) is 12.3 Å². The lowest BCUT2D eigenvalue weighted by Crippen LogP contribution is -2.46. The van der Waals surface area contributed by atoms with E-state index in [0.717, 1.165) is 29.8 Å². The number of halogens is 1. The number of piperidine rings is 1. The number of pyridine rings is 1. The normalized spacial score (nSPS) is 21.5. The van der Waals surface area contributed by atoms with Crippen molar-refractivity contribution in [1.29, 1.82) is 0 Å². The van der Waals surface area contributed by atoms with Gasteiger partial charge in [-0.1, -0.05) is 25.4 Å².